The van der Waals surface area contributed by atoms with Crippen LogP contribution in [0.5, 0.6) is 0 Å². The van der Waals surface area contributed by atoms with E-state index in [1.54, 1.807) is 12.3 Å². The van der Waals surface area contributed by atoms with Gasteiger partial charge in [-0.05, 0) is 43.7 Å². The zero-order valence-electron chi connectivity index (χ0n) is 14.9. The molecule has 0 radical (unpaired) electrons. The molecule has 1 atom stereocenters. The summed E-state index contributed by atoms with van der Waals surface area (Å²) < 4.78 is 11.5. The van der Waals surface area contributed by atoms with Gasteiger partial charge in [0, 0.05) is 25.0 Å². The van der Waals surface area contributed by atoms with E-state index in [4.69, 9.17) is 14.4 Å². The number of ether oxygens (including phenoxy) is 1. The molecule has 6 nitrogen and oxygen atoms in total. The van der Waals surface area contributed by atoms with Crippen LogP contribution in [-0.2, 0) is 11.3 Å². The lowest BCUT2D eigenvalue weighted by Crippen LogP contribution is -2.50. The van der Waals surface area contributed by atoms with Crippen LogP contribution < -0.4 is 4.90 Å². The van der Waals surface area contributed by atoms with Crippen LogP contribution >= 0.6 is 0 Å². The first-order valence-corrected chi connectivity index (χ1v) is 9.21. The number of pyridine rings is 1. The van der Waals surface area contributed by atoms with E-state index in [0.29, 0.717) is 12.3 Å². The molecule has 0 amide bonds. The molecule has 2 aromatic rings. The molecule has 4 rings (SSSR count). The number of rotatable bonds is 3. The van der Waals surface area contributed by atoms with Crippen molar-refractivity contribution in [3.05, 3.63) is 48.0 Å². The molecule has 1 unspecified atom stereocenters. The van der Waals surface area contributed by atoms with Gasteiger partial charge >= 0.3 is 0 Å². The fourth-order valence-corrected chi connectivity index (χ4v) is 4.17. The molecule has 2 aliphatic heterocycles. The van der Waals surface area contributed by atoms with Crippen molar-refractivity contribution in [3.63, 3.8) is 0 Å². The van der Waals surface area contributed by atoms with Gasteiger partial charge in [-0.25, -0.2) is 4.98 Å². The third-order valence-electron chi connectivity index (χ3n) is 5.31. The first kappa shape index (κ1) is 17.1. The van der Waals surface area contributed by atoms with Crippen molar-refractivity contribution in [2.75, 3.05) is 44.3 Å². The summed E-state index contributed by atoms with van der Waals surface area (Å²) in [4.78, 5) is 9.24. The molecule has 0 saturated carbocycles. The summed E-state index contributed by atoms with van der Waals surface area (Å²) >= 11 is 0. The minimum atomic E-state index is 0.0890. The van der Waals surface area contributed by atoms with Crippen LogP contribution in [0.2, 0.25) is 0 Å². The highest BCUT2D eigenvalue weighted by Gasteiger charge is 2.39. The number of nitriles is 1. The maximum atomic E-state index is 9.14. The van der Waals surface area contributed by atoms with Gasteiger partial charge in [0.05, 0.1) is 26.0 Å². The van der Waals surface area contributed by atoms with Crippen molar-refractivity contribution in [2.45, 2.75) is 19.4 Å². The highest BCUT2D eigenvalue weighted by Crippen LogP contribution is 2.34. The average Bonchev–Trinajstić information content (AvgIpc) is 3.09. The molecule has 2 aliphatic rings. The summed E-state index contributed by atoms with van der Waals surface area (Å²) in [7, 11) is 0. The Bertz CT molecular complexity index is 770. The summed E-state index contributed by atoms with van der Waals surface area (Å²) in [6.07, 6.45) is 4.04. The van der Waals surface area contributed by atoms with E-state index in [-0.39, 0.29) is 5.41 Å². The van der Waals surface area contributed by atoms with Gasteiger partial charge < -0.3 is 14.1 Å². The number of likely N-dealkylation sites (tertiary alicyclic amines) is 1. The first-order chi connectivity index (χ1) is 12.8. The summed E-state index contributed by atoms with van der Waals surface area (Å²) in [6.45, 7) is 6.10. The largest absolute Gasteiger partial charge is 0.468 e. The minimum Gasteiger partial charge on any atom is -0.468 e. The van der Waals surface area contributed by atoms with Gasteiger partial charge in [0.25, 0.3) is 0 Å². The van der Waals surface area contributed by atoms with Gasteiger partial charge in [0.15, 0.2) is 0 Å². The van der Waals surface area contributed by atoms with Crippen LogP contribution in [0.1, 0.15) is 24.3 Å². The number of furan rings is 1. The Morgan fingerprint density at radius 1 is 1.19 bits per heavy atom. The maximum absolute atomic E-state index is 9.14. The van der Waals surface area contributed by atoms with E-state index >= 15 is 0 Å². The number of nitrogens with zero attached hydrogens (tertiary/aromatic N) is 4. The van der Waals surface area contributed by atoms with Crippen molar-refractivity contribution in [2.24, 2.45) is 5.41 Å². The van der Waals surface area contributed by atoms with Crippen molar-refractivity contribution in [1.29, 1.82) is 5.26 Å². The van der Waals surface area contributed by atoms with Gasteiger partial charge in [0.2, 0.25) is 0 Å². The lowest BCUT2D eigenvalue weighted by Gasteiger charge is -2.43. The SMILES string of the molecule is N#Cc1cccc(N2CCOCC3(CCCN(Cc4ccco4)C3)C2)n1. The van der Waals surface area contributed by atoms with Crippen LogP contribution in [0.15, 0.2) is 41.0 Å². The molecule has 2 aromatic heterocycles. The third kappa shape index (κ3) is 3.74. The van der Waals surface area contributed by atoms with Gasteiger partial charge in [-0.15, -0.1) is 0 Å². The Morgan fingerprint density at radius 3 is 3.00 bits per heavy atom. The second-order valence-electron chi connectivity index (χ2n) is 7.36. The molecular formula is C20H24N4O2. The highest BCUT2D eigenvalue weighted by molar-refractivity contribution is 5.42. The molecule has 4 heterocycles. The maximum Gasteiger partial charge on any atom is 0.142 e. The van der Waals surface area contributed by atoms with E-state index in [0.717, 1.165) is 63.8 Å². The molecule has 0 aliphatic carbocycles. The normalized spacial score (nSPS) is 24.3. The summed E-state index contributed by atoms with van der Waals surface area (Å²) in [6, 6.07) is 11.8. The van der Waals surface area contributed by atoms with Gasteiger partial charge in [-0.2, -0.15) is 5.26 Å². The van der Waals surface area contributed by atoms with Crippen molar-refractivity contribution < 1.29 is 9.15 Å². The fraction of sp³-hybridized carbons (Fsp3) is 0.500. The molecule has 136 valence electrons. The zero-order valence-corrected chi connectivity index (χ0v) is 14.9. The molecule has 1 spiro atoms. The lowest BCUT2D eigenvalue weighted by molar-refractivity contribution is 0.00879. The lowest BCUT2D eigenvalue weighted by atomic mass is 9.80. The number of hydrogen-bond acceptors (Lipinski definition) is 6. The molecule has 0 aromatic carbocycles. The number of anilines is 1. The molecule has 0 bridgehead atoms. The highest BCUT2D eigenvalue weighted by atomic mass is 16.5. The van der Waals surface area contributed by atoms with E-state index in [9.17, 15) is 0 Å². The number of hydrogen-bond donors (Lipinski definition) is 0. The summed E-state index contributed by atoms with van der Waals surface area (Å²) in [5.74, 6) is 1.88. The van der Waals surface area contributed by atoms with Gasteiger partial charge in [-0.3, -0.25) is 4.90 Å². The molecule has 2 saturated heterocycles. The number of aromatic nitrogens is 1. The smallest absolute Gasteiger partial charge is 0.142 e. The molecule has 6 heteroatoms. The van der Waals surface area contributed by atoms with Crippen LogP contribution in [0.4, 0.5) is 5.82 Å². The quantitative estimate of drug-likeness (QED) is 0.846. The van der Waals surface area contributed by atoms with E-state index < -0.39 is 0 Å². The predicted molar refractivity (Wildman–Crippen MR) is 97.6 cm³/mol. The topological polar surface area (TPSA) is 65.5 Å². The Labute approximate surface area is 154 Å². The first-order valence-electron chi connectivity index (χ1n) is 9.21. The Hall–Kier alpha value is -2.36. The summed E-state index contributed by atoms with van der Waals surface area (Å²) in [5, 5.41) is 9.14. The Kier molecular flexibility index (Phi) is 4.91. The molecule has 26 heavy (non-hydrogen) atoms. The van der Waals surface area contributed by atoms with Gasteiger partial charge in [-0.1, -0.05) is 6.07 Å². The van der Waals surface area contributed by atoms with Crippen molar-refractivity contribution in [1.82, 2.24) is 9.88 Å². The monoisotopic (exact) mass is 352 g/mol. The van der Waals surface area contributed by atoms with Crippen molar-refractivity contribution >= 4 is 5.82 Å². The second kappa shape index (κ2) is 7.48. The number of piperidine rings is 1. The van der Waals surface area contributed by atoms with E-state index in [2.05, 4.69) is 20.9 Å². The third-order valence-corrected chi connectivity index (χ3v) is 5.31. The minimum absolute atomic E-state index is 0.0890. The predicted octanol–water partition coefficient (Wildman–Crippen LogP) is 2.67. The zero-order chi connectivity index (χ0) is 17.8. The van der Waals surface area contributed by atoms with E-state index in [1.807, 2.05) is 24.3 Å². The second-order valence-corrected chi connectivity index (χ2v) is 7.36. The standard InChI is InChI=1S/C20H24N4O2/c21-12-17-4-1-6-19(22-17)24-9-11-25-16-20(15-24)7-3-8-23(14-20)13-18-5-2-10-26-18/h1-2,4-6,10H,3,7-9,11,13-16H2. The van der Waals surface area contributed by atoms with Crippen LogP contribution in [0.25, 0.3) is 0 Å². The Morgan fingerprint density at radius 2 is 2.15 bits per heavy atom. The van der Waals surface area contributed by atoms with Crippen molar-refractivity contribution in [3.8, 4) is 6.07 Å². The van der Waals surface area contributed by atoms with Crippen LogP contribution in [0.3, 0.4) is 0 Å². The fourth-order valence-electron chi connectivity index (χ4n) is 4.17. The van der Waals surface area contributed by atoms with E-state index in [1.165, 1.54) is 0 Å². The molecular weight excluding hydrogens is 328 g/mol. The van der Waals surface area contributed by atoms with Gasteiger partial charge in [0.1, 0.15) is 23.3 Å². The molecule has 2 fully saturated rings. The summed E-state index contributed by atoms with van der Waals surface area (Å²) in [5.41, 5.74) is 0.552. The van der Waals surface area contributed by atoms with Crippen LogP contribution in [0, 0.1) is 16.7 Å². The average molecular weight is 352 g/mol. The molecule has 0 N–H and O–H groups in total. The van der Waals surface area contributed by atoms with Crippen LogP contribution in [-0.4, -0.2) is 49.3 Å². The Balaban J connectivity index is 1.51.